The van der Waals surface area contributed by atoms with Crippen molar-refractivity contribution < 1.29 is 0 Å². The molecular formula is C15H20IN3. The van der Waals surface area contributed by atoms with Gasteiger partial charge in [0.1, 0.15) is 0 Å². The first-order valence-electron chi connectivity index (χ1n) is 6.96. The van der Waals surface area contributed by atoms with Crippen LogP contribution < -0.4 is 5.73 Å². The Bertz CT molecular complexity index is 491. The van der Waals surface area contributed by atoms with Gasteiger partial charge in [-0.05, 0) is 60.1 Å². The molecule has 3 rings (SSSR count). The molecule has 2 aliphatic rings. The fourth-order valence-electron chi connectivity index (χ4n) is 3.43. The summed E-state index contributed by atoms with van der Waals surface area (Å²) in [6, 6.07) is 9.34. The van der Waals surface area contributed by atoms with E-state index < -0.39 is 0 Å². The van der Waals surface area contributed by atoms with E-state index >= 15 is 0 Å². The Kier molecular flexibility index (Phi) is 3.45. The molecule has 1 heterocycles. The molecule has 0 aromatic heterocycles. The molecule has 4 heteroatoms. The summed E-state index contributed by atoms with van der Waals surface area (Å²) >= 11 is 2.34. The second kappa shape index (κ2) is 4.96. The van der Waals surface area contributed by atoms with Crippen LogP contribution in [0.3, 0.4) is 0 Å². The van der Waals surface area contributed by atoms with Crippen molar-refractivity contribution in [3.8, 4) is 0 Å². The number of guanidine groups is 1. The number of nitrogens with zero attached hydrogens (tertiary/aromatic N) is 2. The van der Waals surface area contributed by atoms with Crippen molar-refractivity contribution in [2.75, 3.05) is 6.54 Å². The lowest BCUT2D eigenvalue weighted by Crippen LogP contribution is -2.52. The minimum absolute atomic E-state index is 0.0660. The second-order valence-electron chi connectivity index (χ2n) is 5.76. The maximum absolute atomic E-state index is 6.18. The van der Waals surface area contributed by atoms with Crippen molar-refractivity contribution >= 4 is 28.6 Å². The third-order valence-electron chi connectivity index (χ3n) is 4.48. The van der Waals surface area contributed by atoms with Crippen molar-refractivity contribution in [3.05, 3.63) is 33.4 Å². The summed E-state index contributed by atoms with van der Waals surface area (Å²) in [5, 5.41) is 0. The standard InChI is InChI=1S/C15H20IN3/c1-15(11-6-8-12(16)9-7-11)10-18-14(17)19(15)13-4-2-3-5-13/h6-9,13H,2-5,10H2,1H3,(H2,17,18). The first-order chi connectivity index (χ1) is 9.11. The van der Waals surface area contributed by atoms with Crippen LogP contribution >= 0.6 is 22.6 Å². The minimum Gasteiger partial charge on any atom is -0.370 e. The fraction of sp³-hybridized carbons (Fsp3) is 0.533. The quantitative estimate of drug-likeness (QED) is 0.815. The molecule has 2 N–H and O–H groups in total. The predicted octanol–water partition coefficient (Wildman–Crippen LogP) is 3.08. The van der Waals surface area contributed by atoms with Gasteiger partial charge in [-0.25, -0.2) is 0 Å². The van der Waals surface area contributed by atoms with Crippen molar-refractivity contribution in [1.82, 2.24) is 4.90 Å². The Morgan fingerprint density at radius 3 is 2.53 bits per heavy atom. The third-order valence-corrected chi connectivity index (χ3v) is 5.20. The molecule has 19 heavy (non-hydrogen) atoms. The van der Waals surface area contributed by atoms with Gasteiger partial charge in [0.15, 0.2) is 5.96 Å². The summed E-state index contributed by atoms with van der Waals surface area (Å²) in [6.45, 7) is 3.05. The van der Waals surface area contributed by atoms with Crippen LogP contribution in [0.25, 0.3) is 0 Å². The number of rotatable bonds is 2. The molecular weight excluding hydrogens is 349 g/mol. The summed E-state index contributed by atoms with van der Waals surface area (Å²) in [5.74, 6) is 0.730. The predicted molar refractivity (Wildman–Crippen MR) is 87.1 cm³/mol. The smallest absolute Gasteiger partial charge is 0.192 e. The molecule has 102 valence electrons. The van der Waals surface area contributed by atoms with E-state index in [0.717, 1.165) is 12.5 Å². The number of halogens is 1. The number of nitrogens with two attached hydrogens (primary N) is 1. The molecule has 1 aromatic rings. The van der Waals surface area contributed by atoms with Gasteiger partial charge in [0.25, 0.3) is 0 Å². The van der Waals surface area contributed by atoms with Gasteiger partial charge in [-0.1, -0.05) is 25.0 Å². The van der Waals surface area contributed by atoms with Crippen LogP contribution in [0.2, 0.25) is 0 Å². The molecule has 0 saturated heterocycles. The van der Waals surface area contributed by atoms with Gasteiger partial charge < -0.3 is 10.6 Å². The van der Waals surface area contributed by atoms with E-state index in [1.807, 2.05) is 0 Å². The van der Waals surface area contributed by atoms with E-state index in [1.165, 1.54) is 34.8 Å². The first kappa shape index (κ1) is 13.2. The van der Waals surface area contributed by atoms with E-state index in [0.29, 0.717) is 6.04 Å². The highest BCUT2D eigenvalue weighted by Gasteiger charge is 2.43. The zero-order valence-electron chi connectivity index (χ0n) is 11.3. The molecule has 1 saturated carbocycles. The monoisotopic (exact) mass is 369 g/mol. The van der Waals surface area contributed by atoms with Gasteiger partial charge >= 0.3 is 0 Å². The fourth-order valence-corrected chi connectivity index (χ4v) is 3.79. The number of benzene rings is 1. The summed E-state index contributed by atoms with van der Waals surface area (Å²) < 4.78 is 1.27. The van der Waals surface area contributed by atoms with Crippen molar-refractivity contribution in [2.24, 2.45) is 10.7 Å². The first-order valence-corrected chi connectivity index (χ1v) is 8.04. The molecule has 3 nitrogen and oxygen atoms in total. The Morgan fingerprint density at radius 2 is 1.89 bits per heavy atom. The molecule has 1 fully saturated rings. The Morgan fingerprint density at radius 1 is 1.26 bits per heavy atom. The molecule has 0 bridgehead atoms. The summed E-state index contributed by atoms with van der Waals surface area (Å²) in [5.41, 5.74) is 7.43. The van der Waals surface area contributed by atoms with Crippen LogP contribution in [-0.2, 0) is 5.54 Å². The zero-order chi connectivity index (χ0) is 13.5. The van der Waals surface area contributed by atoms with Crippen LogP contribution in [-0.4, -0.2) is 23.4 Å². The normalized spacial score (nSPS) is 27.9. The highest BCUT2D eigenvalue weighted by atomic mass is 127. The maximum atomic E-state index is 6.18. The van der Waals surface area contributed by atoms with E-state index in [4.69, 9.17) is 5.73 Å². The Hall–Kier alpha value is -0.780. The number of hydrogen-bond donors (Lipinski definition) is 1. The molecule has 0 spiro atoms. The molecule has 1 unspecified atom stereocenters. The molecule has 1 aliphatic carbocycles. The third kappa shape index (κ3) is 2.24. The van der Waals surface area contributed by atoms with Gasteiger partial charge in [-0.3, -0.25) is 4.99 Å². The Balaban J connectivity index is 1.95. The van der Waals surface area contributed by atoms with E-state index in [9.17, 15) is 0 Å². The van der Waals surface area contributed by atoms with Crippen LogP contribution in [0.1, 0.15) is 38.2 Å². The van der Waals surface area contributed by atoms with E-state index in [-0.39, 0.29) is 5.54 Å². The van der Waals surface area contributed by atoms with Gasteiger partial charge in [-0.15, -0.1) is 0 Å². The molecule has 1 atom stereocenters. The summed E-state index contributed by atoms with van der Waals surface area (Å²) in [6.07, 6.45) is 5.13. The molecule has 0 radical (unpaired) electrons. The van der Waals surface area contributed by atoms with Gasteiger partial charge in [0, 0.05) is 9.61 Å². The molecule has 0 amide bonds. The van der Waals surface area contributed by atoms with Gasteiger partial charge in [0.2, 0.25) is 0 Å². The lowest BCUT2D eigenvalue weighted by Gasteiger charge is -2.41. The minimum atomic E-state index is -0.0660. The molecule has 1 aromatic carbocycles. The maximum Gasteiger partial charge on any atom is 0.192 e. The summed E-state index contributed by atoms with van der Waals surface area (Å²) in [4.78, 5) is 6.91. The molecule has 1 aliphatic heterocycles. The van der Waals surface area contributed by atoms with Crippen molar-refractivity contribution in [1.29, 1.82) is 0 Å². The highest BCUT2D eigenvalue weighted by molar-refractivity contribution is 14.1. The Labute approximate surface area is 128 Å². The van der Waals surface area contributed by atoms with E-state index in [2.05, 4.69) is 63.7 Å². The number of aliphatic imine (C=N–C) groups is 1. The largest absolute Gasteiger partial charge is 0.370 e. The van der Waals surface area contributed by atoms with E-state index in [1.54, 1.807) is 0 Å². The van der Waals surface area contributed by atoms with Gasteiger partial charge in [-0.2, -0.15) is 0 Å². The topological polar surface area (TPSA) is 41.6 Å². The lowest BCUT2D eigenvalue weighted by atomic mass is 9.89. The number of hydrogen-bond acceptors (Lipinski definition) is 3. The van der Waals surface area contributed by atoms with Crippen LogP contribution in [0.5, 0.6) is 0 Å². The summed E-state index contributed by atoms with van der Waals surface area (Å²) in [7, 11) is 0. The zero-order valence-corrected chi connectivity index (χ0v) is 13.4. The second-order valence-corrected chi connectivity index (χ2v) is 7.01. The average Bonchev–Trinajstić information content (AvgIpc) is 2.99. The SMILES string of the molecule is CC1(c2ccc(I)cc2)CN=C(N)N1C1CCCC1. The van der Waals surface area contributed by atoms with Crippen molar-refractivity contribution in [2.45, 2.75) is 44.2 Å². The van der Waals surface area contributed by atoms with Crippen LogP contribution in [0, 0.1) is 3.57 Å². The van der Waals surface area contributed by atoms with Crippen molar-refractivity contribution in [3.63, 3.8) is 0 Å². The van der Waals surface area contributed by atoms with Crippen LogP contribution in [0.15, 0.2) is 29.3 Å². The van der Waals surface area contributed by atoms with Gasteiger partial charge in [0.05, 0.1) is 12.1 Å². The lowest BCUT2D eigenvalue weighted by molar-refractivity contribution is 0.167. The van der Waals surface area contributed by atoms with Crippen LogP contribution in [0.4, 0.5) is 0 Å². The average molecular weight is 369 g/mol. The highest BCUT2D eigenvalue weighted by Crippen LogP contribution is 2.38.